The minimum Gasteiger partial charge on any atom is -0.354 e. The van der Waals surface area contributed by atoms with E-state index in [0.717, 1.165) is 32.7 Å². The number of hydrogen-bond acceptors (Lipinski definition) is 3. The molecule has 116 valence electrons. The van der Waals surface area contributed by atoms with Gasteiger partial charge in [-0.1, -0.05) is 6.92 Å². The van der Waals surface area contributed by atoms with Crippen LogP contribution in [0.5, 0.6) is 0 Å². The summed E-state index contributed by atoms with van der Waals surface area (Å²) in [5, 5.41) is 1.34. The first-order valence-corrected chi connectivity index (χ1v) is 8.65. The summed E-state index contributed by atoms with van der Waals surface area (Å²) in [6.07, 6.45) is 3.77. The van der Waals surface area contributed by atoms with Crippen molar-refractivity contribution in [1.82, 2.24) is 9.88 Å². The Bertz CT molecular complexity index is 699. The number of aryl methyl sites for hydroxylation is 3. The number of piperazine rings is 1. The van der Waals surface area contributed by atoms with E-state index in [-0.39, 0.29) is 0 Å². The summed E-state index contributed by atoms with van der Waals surface area (Å²) in [6, 6.07) is 7.01. The molecule has 2 heterocycles. The van der Waals surface area contributed by atoms with E-state index in [1.165, 1.54) is 47.1 Å². The van der Waals surface area contributed by atoms with Crippen molar-refractivity contribution in [3.05, 3.63) is 34.9 Å². The molecule has 0 spiro atoms. The van der Waals surface area contributed by atoms with Gasteiger partial charge in [-0.25, -0.2) is 4.98 Å². The molecule has 3 nitrogen and oxygen atoms in total. The highest BCUT2D eigenvalue weighted by Crippen LogP contribution is 2.30. The molecule has 0 saturated carbocycles. The maximum absolute atomic E-state index is 5.00. The lowest BCUT2D eigenvalue weighted by molar-refractivity contribution is 0.270. The molecule has 2 aliphatic rings. The van der Waals surface area contributed by atoms with Gasteiger partial charge in [0.2, 0.25) is 0 Å². The number of nitrogens with zero attached hydrogens (tertiary/aromatic N) is 3. The highest BCUT2D eigenvalue weighted by atomic mass is 15.3. The summed E-state index contributed by atoms with van der Waals surface area (Å²) in [6.45, 7) is 10.1. The van der Waals surface area contributed by atoms with Gasteiger partial charge in [-0.2, -0.15) is 0 Å². The molecule has 1 aliphatic heterocycles. The van der Waals surface area contributed by atoms with E-state index in [1.807, 2.05) is 0 Å². The molecule has 0 unspecified atom stereocenters. The van der Waals surface area contributed by atoms with Crippen molar-refractivity contribution in [2.45, 2.75) is 33.1 Å². The molecule has 3 heteroatoms. The molecule has 0 atom stereocenters. The Balaban J connectivity index is 1.69. The molecule has 1 aliphatic carbocycles. The van der Waals surface area contributed by atoms with Crippen LogP contribution in [0.3, 0.4) is 0 Å². The molecule has 1 saturated heterocycles. The summed E-state index contributed by atoms with van der Waals surface area (Å²) >= 11 is 0. The Kier molecular flexibility index (Phi) is 3.53. The van der Waals surface area contributed by atoms with Gasteiger partial charge in [0, 0.05) is 31.6 Å². The van der Waals surface area contributed by atoms with Crippen LogP contribution in [-0.2, 0) is 12.8 Å². The zero-order valence-electron chi connectivity index (χ0n) is 13.7. The van der Waals surface area contributed by atoms with Crippen LogP contribution in [0.4, 0.5) is 5.82 Å². The van der Waals surface area contributed by atoms with E-state index >= 15 is 0 Å². The Morgan fingerprint density at radius 3 is 2.45 bits per heavy atom. The van der Waals surface area contributed by atoms with E-state index in [4.69, 9.17) is 4.98 Å². The van der Waals surface area contributed by atoms with Crippen LogP contribution in [0.2, 0.25) is 0 Å². The highest BCUT2D eigenvalue weighted by Gasteiger charge is 2.19. The molecule has 0 bridgehead atoms. The van der Waals surface area contributed by atoms with Crippen LogP contribution in [0.25, 0.3) is 10.9 Å². The predicted molar refractivity (Wildman–Crippen MR) is 92.8 cm³/mol. The van der Waals surface area contributed by atoms with Gasteiger partial charge in [0.1, 0.15) is 5.82 Å². The second-order valence-electron chi connectivity index (χ2n) is 6.71. The summed E-state index contributed by atoms with van der Waals surface area (Å²) in [5.41, 5.74) is 5.62. The SMILES string of the molecule is CCN1CCN(c2cc(C)c3cc4c(cc3n2)CCC4)CC1. The summed E-state index contributed by atoms with van der Waals surface area (Å²) in [7, 11) is 0. The molecule has 1 aromatic heterocycles. The van der Waals surface area contributed by atoms with Gasteiger partial charge >= 0.3 is 0 Å². The Labute approximate surface area is 132 Å². The third-order valence-corrected chi connectivity index (χ3v) is 5.36. The molecular formula is C19H25N3. The quantitative estimate of drug-likeness (QED) is 0.848. The predicted octanol–water partition coefficient (Wildman–Crippen LogP) is 3.17. The van der Waals surface area contributed by atoms with E-state index in [1.54, 1.807) is 5.56 Å². The lowest BCUT2D eigenvalue weighted by Gasteiger charge is -2.35. The van der Waals surface area contributed by atoms with Gasteiger partial charge in [-0.05, 0) is 67.6 Å². The van der Waals surface area contributed by atoms with Crippen molar-refractivity contribution in [3.63, 3.8) is 0 Å². The number of anilines is 1. The monoisotopic (exact) mass is 295 g/mol. The Hall–Kier alpha value is -1.61. The molecule has 4 rings (SSSR count). The number of aromatic nitrogens is 1. The number of pyridine rings is 1. The first-order valence-electron chi connectivity index (χ1n) is 8.65. The fourth-order valence-electron chi connectivity index (χ4n) is 3.90. The molecule has 0 amide bonds. The van der Waals surface area contributed by atoms with Crippen molar-refractivity contribution in [2.24, 2.45) is 0 Å². The van der Waals surface area contributed by atoms with Crippen molar-refractivity contribution in [2.75, 3.05) is 37.6 Å². The molecule has 22 heavy (non-hydrogen) atoms. The third kappa shape index (κ3) is 2.38. The number of fused-ring (bicyclic) bond motifs is 2. The Morgan fingerprint density at radius 1 is 1.00 bits per heavy atom. The molecule has 1 fully saturated rings. The maximum Gasteiger partial charge on any atom is 0.129 e. The van der Waals surface area contributed by atoms with Crippen LogP contribution in [-0.4, -0.2) is 42.6 Å². The zero-order chi connectivity index (χ0) is 15.1. The smallest absolute Gasteiger partial charge is 0.129 e. The second kappa shape index (κ2) is 5.54. The third-order valence-electron chi connectivity index (χ3n) is 5.36. The largest absolute Gasteiger partial charge is 0.354 e. The molecule has 2 aromatic rings. The molecule has 1 aromatic carbocycles. The van der Waals surface area contributed by atoms with Crippen LogP contribution < -0.4 is 4.90 Å². The number of rotatable bonds is 2. The van der Waals surface area contributed by atoms with Gasteiger partial charge in [-0.15, -0.1) is 0 Å². The summed E-state index contributed by atoms with van der Waals surface area (Å²) in [5.74, 6) is 1.17. The minimum atomic E-state index is 1.09. The van der Waals surface area contributed by atoms with Crippen molar-refractivity contribution < 1.29 is 0 Å². The van der Waals surface area contributed by atoms with Crippen LogP contribution >= 0.6 is 0 Å². The van der Waals surface area contributed by atoms with Gasteiger partial charge in [0.05, 0.1) is 5.52 Å². The average molecular weight is 295 g/mol. The van der Waals surface area contributed by atoms with Crippen molar-refractivity contribution >= 4 is 16.7 Å². The van der Waals surface area contributed by atoms with Crippen LogP contribution in [0.15, 0.2) is 18.2 Å². The van der Waals surface area contributed by atoms with Crippen molar-refractivity contribution in [3.8, 4) is 0 Å². The molecule has 0 N–H and O–H groups in total. The lowest BCUT2D eigenvalue weighted by Crippen LogP contribution is -2.46. The fraction of sp³-hybridized carbons (Fsp3) is 0.526. The number of hydrogen-bond donors (Lipinski definition) is 0. The average Bonchev–Trinajstić information content (AvgIpc) is 3.00. The van der Waals surface area contributed by atoms with E-state index in [0.29, 0.717) is 0 Å². The maximum atomic E-state index is 5.00. The highest BCUT2D eigenvalue weighted by molar-refractivity contribution is 5.85. The van der Waals surface area contributed by atoms with Gasteiger partial charge in [0.15, 0.2) is 0 Å². The number of benzene rings is 1. The number of likely N-dealkylation sites (N-methyl/N-ethyl adjacent to an activating group) is 1. The second-order valence-corrected chi connectivity index (χ2v) is 6.71. The van der Waals surface area contributed by atoms with E-state index < -0.39 is 0 Å². The molecule has 0 radical (unpaired) electrons. The van der Waals surface area contributed by atoms with Crippen LogP contribution in [0, 0.1) is 6.92 Å². The van der Waals surface area contributed by atoms with E-state index in [9.17, 15) is 0 Å². The summed E-state index contributed by atoms with van der Waals surface area (Å²) in [4.78, 5) is 9.96. The first kappa shape index (κ1) is 14.0. The lowest BCUT2D eigenvalue weighted by atomic mass is 10.0. The van der Waals surface area contributed by atoms with Gasteiger partial charge < -0.3 is 9.80 Å². The Morgan fingerprint density at radius 2 is 1.73 bits per heavy atom. The topological polar surface area (TPSA) is 19.4 Å². The van der Waals surface area contributed by atoms with Crippen LogP contribution in [0.1, 0.15) is 30.0 Å². The zero-order valence-corrected chi connectivity index (χ0v) is 13.7. The fourth-order valence-corrected chi connectivity index (χ4v) is 3.90. The minimum absolute atomic E-state index is 1.09. The van der Waals surface area contributed by atoms with Crippen molar-refractivity contribution in [1.29, 1.82) is 0 Å². The first-order chi connectivity index (χ1) is 10.7. The normalized spacial score (nSPS) is 18.9. The van der Waals surface area contributed by atoms with Gasteiger partial charge in [-0.3, -0.25) is 0 Å². The van der Waals surface area contributed by atoms with E-state index in [2.05, 4.69) is 41.8 Å². The molecular weight excluding hydrogens is 270 g/mol. The summed E-state index contributed by atoms with van der Waals surface area (Å²) < 4.78 is 0. The standard InChI is InChI=1S/C19H25N3/c1-3-21-7-9-22(10-8-21)19-11-14(2)17-12-15-5-4-6-16(15)13-18(17)20-19/h11-13H,3-10H2,1-2H3. The van der Waals surface area contributed by atoms with Gasteiger partial charge in [0.25, 0.3) is 0 Å².